The summed E-state index contributed by atoms with van der Waals surface area (Å²) in [6.45, 7) is 7.60. The van der Waals surface area contributed by atoms with Gasteiger partial charge in [-0.3, -0.25) is 10.3 Å². The highest BCUT2D eigenvalue weighted by molar-refractivity contribution is 5.77. The fourth-order valence-corrected chi connectivity index (χ4v) is 4.12. The lowest BCUT2D eigenvalue weighted by Crippen LogP contribution is -2.44. The van der Waals surface area contributed by atoms with E-state index in [1.807, 2.05) is 0 Å². The van der Waals surface area contributed by atoms with Crippen molar-refractivity contribution in [2.24, 2.45) is 0 Å². The van der Waals surface area contributed by atoms with E-state index in [1.165, 1.54) is 43.7 Å². The first-order valence-electron chi connectivity index (χ1n) is 10.6. The third kappa shape index (κ3) is 4.59. The van der Waals surface area contributed by atoms with Crippen LogP contribution in [0.5, 0.6) is 0 Å². The van der Waals surface area contributed by atoms with E-state index in [2.05, 4.69) is 14.9 Å². The molecule has 4 unspecified atom stereocenters. The summed E-state index contributed by atoms with van der Waals surface area (Å²) in [6, 6.07) is 0. The molecular formula is C20H33N7O4. The van der Waals surface area contributed by atoms with E-state index in [9.17, 15) is 20.4 Å². The molecule has 0 radical (unpaired) electrons. The van der Waals surface area contributed by atoms with Crippen molar-refractivity contribution in [2.75, 3.05) is 27.8 Å². The number of pyridine rings is 1. The number of fused-ring (bicyclic) bond motifs is 1. The number of hydrogen-bond donors (Lipinski definition) is 6. The van der Waals surface area contributed by atoms with E-state index in [0.29, 0.717) is 17.1 Å². The molecule has 3 heterocycles. The molecule has 11 nitrogen and oxygen atoms in total. The molecule has 172 valence electrons. The van der Waals surface area contributed by atoms with Gasteiger partial charge >= 0.3 is 0 Å². The Bertz CT molecular complexity index is 893. The fourth-order valence-electron chi connectivity index (χ4n) is 4.12. The van der Waals surface area contributed by atoms with Gasteiger partial charge in [0.25, 0.3) is 0 Å². The molecule has 3 aliphatic rings. The van der Waals surface area contributed by atoms with E-state index >= 15 is 0 Å². The average molecular weight is 436 g/mol. The van der Waals surface area contributed by atoms with Gasteiger partial charge in [-0.2, -0.15) is 4.98 Å². The topological polar surface area (TPSA) is 156 Å². The van der Waals surface area contributed by atoms with Gasteiger partial charge in [0, 0.05) is 13.1 Å². The van der Waals surface area contributed by atoms with Crippen LogP contribution in [-0.2, 0) is 0 Å². The van der Waals surface area contributed by atoms with Crippen molar-refractivity contribution in [1.29, 1.82) is 5.41 Å². The molecule has 3 rings (SSSR count). The third-order valence-electron chi connectivity index (χ3n) is 5.50. The summed E-state index contributed by atoms with van der Waals surface area (Å²) < 4.78 is 0. The predicted molar refractivity (Wildman–Crippen MR) is 117 cm³/mol. The van der Waals surface area contributed by atoms with Crippen LogP contribution >= 0.6 is 0 Å². The molecule has 0 spiro atoms. The van der Waals surface area contributed by atoms with E-state index < -0.39 is 24.9 Å². The van der Waals surface area contributed by atoms with E-state index in [0.717, 1.165) is 32.4 Å². The van der Waals surface area contributed by atoms with Crippen LogP contribution in [-0.4, -0.2) is 73.4 Å². The van der Waals surface area contributed by atoms with Gasteiger partial charge < -0.3 is 35.2 Å². The smallest absolute Gasteiger partial charge is 0.209 e. The zero-order valence-corrected chi connectivity index (χ0v) is 18.4. The van der Waals surface area contributed by atoms with Gasteiger partial charge in [-0.05, 0) is 47.0 Å². The van der Waals surface area contributed by atoms with Gasteiger partial charge in [-0.25, -0.2) is 4.98 Å². The summed E-state index contributed by atoms with van der Waals surface area (Å²) in [4.78, 5) is 16.8. The number of aliphatic hydroxyl groups excluding tert-OH is 4. The summed E-state index contributed by atoms with van der Waals surface area (Å²) in [7, 11) is 0. The second kappa shape index (κ2) is 9.35. The number of aliphatic hydroxyl groups is 4. The number of anilines is 3. The van der Waals surface area contributed by atoms with Crippen LogP contribution in [0.1, 0.15) is 47.0 Å². The summed E-state index contributed by atoms with van der Waals surface area (Å²) in [6.07, 6.45) is 0.513. The molecule has 0 amide bonds. The SMILES string of the molecule is CC(O)N(c1nc(N2CCCCC2)c2c(=N)c(N(C(C)O)C(C)O)ncc-2[nH]1)C(C)O. The van der Waals surface area contributed by atoms with Crippen molar-refractivity contribution < 1.29 is 20.4 Å². The fraction of sp³-hybridized carbons (Fsp3) is 0.650. The minimum Gasteiger partial charge on any atom is -0.374 e. The molecule has 11 heteroatoms. The Morgan fingerprint density at radius 1 is 0.935 bits per heavy atom. The largest absolute Gasteiger partial charge is 0.374 e. The standard InChI is InChI=1S/C20H33N7O4/c1-11(28)26(12(2)29)19-17(21)16-15(10-22-19)23-20(27(13(3)30)14(4)31)24-18(16)25-8-6-5-7-9-25/h10-14,21,28-31H,5-9H2,1-4H3,(H,23,24). The molecule has 0 aromatic heterocycles. The number of nitrogens with zero attached hydrogens (tertiary/aromatic N) is 5. The monoisotopic (exact) mass is 435 g/mol. The molecule has 0 bridgehead atoms. The zero-order valence-electron chi connectivity index (χ0n) is 18.4. The van der Waals surface area contributed by atoms with Crippen molar-refractivity contribution in [3.63, 3.8) is 0 Å². The summed E-state index contributed by atoms with van der Waals surface area (Å²) in [5.74, 6) is 0.941. The molecular weight excluding hydrogens is 402 g/mol. The first kappa shape index (κ1) is 23.2. The first-order valence-corrected chi connectivity index (χ1v) is 10.6. The highest BCUT2D eigenvalue weighted by Crippen LogP contribution is 2.33. The zero-order chi connectivity index (χ0) is 22.9. The number of hydrogen-bond acceptors (Lipinski definition) is 10. The van der Waals surface area contributed by atoms with Crippen molar-refractivity contribution in [2.45, 2.75) is 71.9 Å². The molecule has 0 aromatic rings. The lowest BCUT2D eigenvalue weighted by Gasteiger charge is -2.34. The summed E-state index contributed by atoms with van der Waals surface area (Å²) in [5, 5.41) is 49.5. The number of rotatable bonds is 7. The quantitative estimate of drug-likeness (QED) is 0.338. The Labute approximate surface area is 181 Å². The minimum atomic E-state index is -1.05. The Morgan fingerprint density at radius 3 is 2.00 bits per heavy atom. The predicted octanol–water partition coefficient (Wildman–Crippen LogP) is 0.345. The number of H-pyrrole nitrogens is 1. The molecule has 3 aliphatic heterocycles. The van der Waals surface area contributed by atoms with Crippen LogP contribution in [0.4, 0.5) is 17.6 Å². The van der Waals surface area contributed by atoms with Crippen molar-refractivity contribution >= 4 is 17.6 Å². The van der Waals surface area contributed by atoms with Crippen molar-refractivity contribution in [3.05, 3.63) is 11.6 Å². The Morgan fingerprint density at radius 2 is 1.48 bits per heavy atom. The number of aromatic nitrogens is 3. The van der Waals surface area contributed by atoms with Crippen LogP contribution in [0.2, 0.25) is 0 Å². The molecule has 4 atom stereocenters. The molecule has 1 fully saturated rings. The lowest BCUT2D eigenvalue weighted by molar-refractivity contribution is 0.102. The Hall–Kier alpha value is -2.47. The van der Waals surface area contributed by atoms with E-state index in [4.69, 9.17) is 10.4 Å². The Kier molecular flexibility index (Phi) is 6.99. The van der Waals surface area contributed by atoms with Gasteiger partial charge in [0.05, 0.1) is 17.5 Å². The second-order valence-electron chi connectivity index (χ2n) is 8.02. The molecule has 1 saturated heterocycles. The van der Waals surface area contributed by atoms with Crippen molar-refractivity contribution in [3.8, 4) is 11.3 Å². The normalized spacial score (nSPS) is 18.5. The van der Waals surface area contributed by atoms with Gasteiger partial charge in [-0.1, -0.05) is 0 Å². The minimum absolute atomic E-state index is 0.0239. The summed E-state index contributed by atoms with van der Waals surface area (Å²) in [5.41, 5.74) is 1.000. The van der Waals surface area contributed by atoms with Crippen molar-refractivity contribution in [1.82, 2.24) is 15.0 Å². The molecule has 0 aromatic carbocycles. The van der Waals surface area contributed by atoms with Gasteiger partial charge in [-0.15, -0.1) is 0 Å². The third-order valence-corrected chi connectivity index (χ3v) is 5.50. The molecule has 0 aliphatic carbocycles. The van der Waals surface area contributed by atoms with E-state index in [1.54, 1.807) is 0 Å². The average Bonchev–Trinajstić information content (AvgIpc) is 2.69. The molecule has 31 heavy (non-hydrogen) atoms. The first-order chi connectivity index (χ1) is 14.6. The maximum Gasteiger partial charge on any atom is 0.209 e. The lowest BCUT2D eigenvalue weighted by atomic mass is 10.1. The van der Waals surface area contributed by atoms with Crippen LogP contribution in [0.3, 0.4) is 0 Å². The van der Waals surface area contributed by atoms with Crippen LogP contribution < -0.4 is 20.1 Å². The number of nitrogens with one attached hydrogen (secondary N) is 2. The number of piperidine rings is 1. The summed E-state index contributed by atoms with van der Waals surface area (Å²) >= 11 is 0. The van der Waals surface area contributed by atoms with Gasteiger partial charge in [0.15, 0.2) is 5.82 Å². The maximum atomic E-state index is 10.2. The molecule has 6 N–H and O–H groups in total. The van der Waals surface area contributed by atoms with Crippen LogP contribution in [0, 0.1) is 5.41 Å². The van der Waals surface area contributed by atoms with E-state index in [-0.39, 0.29) is 17.1 Å². The highest BCUT2D eigenvalue weighted by atomic mass is 16.3. The van der Waals surface area contributed by atoms with Gasteiger partial charge in [0.2, 0.25) is 5.95 Å². The highest BCUT2D eigenvalue weighted by Gasteiger charge is 2.29. The molecule has 0 saturated carbocycles. The maximum absolute atomic E-state index is 10.2. The second-order valence-corrected chi connectivity index (χ2v) is 8.02. The van der Waals surface area contributed by atoms with Crippen LogP contribution in [0.25, 0.3) is 11.3 Å². The number of aromatic amines is 1. The Balaban J connectivity index is 2.27. The van der Waals surface area contributed by atoms with Gasteiger partial charge in [0.1, 0.15) is 36.1 Å². The van der Waals surface area contributed by atoms with Crippen LogP contribution in [0.15, 0.2) is 6.20 Å².